The Morgan fingerprint density at radius 2 is 2.23 bits per heavy atom. The van der Waals surface area contributed by atoms with Crippen molar-refractivity contribution in [1.82, 2.24) is 14.8 Å². The second-order valence-electron chi connectivity index (χ2n) is 6.21. The lowest BCUT2D eigenvalue weighted by Crippen LogP contribution is -2.43. The van der Waals surface area contributed by atoms with E-state index in [2.05, 4.69) is 39.3 Å². The number of aliphatic hydroxyl groups excluding tert-OH is 1. The summed E-state index contributed by atoms with van der Waals surface area (Å²) in [4.78, 5) is 9.48. The van der Waals surface area contributed by atoms with Crippen LogP contribution in [0.4, 0.5) is 0 Å². The Balaban J connectivity index is 1.51. The van der Waals surface area contributed by atoms with Gasteiger partial charge >= 0.3 is 0 Å². The lowest BCUT2D eigenvalue weighted by atomic mass is 10.0. The molecular weight excluding hydrogens is 294 g/mol. The van der Waals surface area contributed by atoms with Gasteiger partial charge < -0.3 is 10.0 Å². The molecule has 1 saturated heterocycles. The molecule has 0 bridgehead atoms. The van der Waals surface area contributed by atoms with Crippen molar-refractivity contribution in [2.75, 3.05) is 33.3 Å². The third-order valence-corrected chi connectivity index (χ3v) is 5.47. The molecular formula is C17H25N3OS. The van der Waals surface area contributed by atoms with Crippen molar-refractivity contribution in [3.63, 3.8) is 0 Å². The van der Waals surface area contributed by atoms with Gasteiger partial charge in [-0.05, 0) is 62.5 Å². The minimum atomic E-state index is 0.293. The van der Waals surface area contributed by atoms with Gasteiger partial charge in [-0.15, -0.1) is 11.3 Å². The average Bonchev–Trinajstić information content (AvgIpc) is 3.01. The predicted octanol–water partition coefficient (Wildman–Crippen LogP) is 2.57. The fourth-order valence-electron chi connectivity index (χ4n) is 3.25. The van der Waals surface area contributed by atoms with E-state index in [9.17, 15) is 0 Å². The molecule has 0 aromatic carbocycles. The maximum absolute atomic E-state index is 8.94. The highest BCUT2D eigenvalue weighted by Gasteiger charge is 2.22. The molecule has 1 fully saturated rings. The molecule has 1 aliphatic heterocycles. The van der Waals surface area contributed by atoms with Gasteiger partial charge in [0.15, 0.2) is 0 Å². The largest absolute Gasteiger partial charge is 0.396 e. The molecule has 3 rings (SSSR count). The van der Waals surface area contributed by atoms with Crippen LogP contribution >= 0.6 is 11.3 Å². The van der Waals surface area contributed by atoms with Gasteiger partial charge in [-0.1, -0.05) is 0 Å². The van der Waals surface area contributed by atoms with E-state index in [-0.39, 0.29) is 0 Å². The van der Waals surface area contributed by atoms with Crippen molar-refractivity contribution in [3.8, 4) is 0 Å². The highest BCUT2D eigenvalue weighted by atomic mass is 32.1. The monoisotopic (exact) mass is 319 g/mol. The standard InChI is InChI=1S/C17H25N3OS/c1-19(6-2-9-21)15-3-7-20(8-4-15)13-14-11-17-16(18-12-14)5-10-22-17/h5,10-12,15,21H,2-4,6-9,13H2,1H3. The van der Waals surface area contributed by atoms with Gasteiger partial charge in [0.2, 0.25) is 0 Å². The molecule has 120 valence electrons. The Morgan fingerprint density at radius 1 is 1.41 bits per heavy atom. The highest BCUT2D eigenvalue weighted by molar-refractivity contribution is 7.17. The third kappa shape index (κ3) is 3.84. The molecule has 0 radical (unpaired) electrons. The maximum atomic E-state index is 8.94. The van der Waals surface area contributed by atoms with E-state index in [1.54, 1.807) is 11.3 Å². The fourth-order valence-corrected chi connectivity index (χ4v) is 4.06. The van der Waals surface area contributed by atoms with E-state index in [0.29, 0.717) is 12.6 Å². The van der Waals surface area contributed by atoms with Gasteiger partial charge in [0.05, 0.1) is 10.2 Å². The van der Waals surface area contributed by atoms with Gasteiger partial charge in [-0.3, -0.25) is 9.88 Å². The topological polar surface area (TPSA) is 39.6 Å². The van der Waals surface area contributed by atoms with E-state index in [1.165, 1.54) is 23.1 Å². The molecule has 2 aromatic heterocycles. The Hall–Kier alpha value is -1.01. The molecule has 4 nitrogen and oxygen atoms in total. The molecule has 1 aliphatic rings. The van der Waals surface area contributed by atoms with Crippen LogP contribution in [-0.2, 0) is 6.54 Å². The number of piperidine rings is 1. The first-order valence-electron chi connectivity index (χ1n) is 8.12. The summed E-state index contributed by atoms with van der Waals surface area (Å²) in [6.45, 7) is 4.60. The Labute approximate surface area is 136 Å². The van der Waals surface area contributed by atoms with Crippen molar-refractivity contribution in [1.29, 1.82) is 0 Å². The predicted molar refractivity (Wildman–Crippen MR) is 92.3 cm³/mol. The first-order valence-corrected chi connectivity index (χ1v) is 9.00. The zero-order valence-electron chi connectivity index (χ0n) is 13.2. The molecule has 0 aliphatic carbocycles. The van der Waals surface area contributed by atoms with Crippen molar-refractivity contribution in [3.05, 3.63) is 29.3 Å². The van der Waals surface area contributed by atoms with Crippen LogP contribution in [0.15, 0.2) is 23.7 Å². The molecule has 0 amide bonds. The summed E-state index contributed by atoms with van der Waals surface area (Å²) in [7, 11) is 2.19. The van der Waals surface area contributed by atoms with Crippen LogP contribution in [0.3, 0.4) is 0 Å². The van der Waals surface area contributed by atoms with E-state index in [0.717, 1.165) is 38.1 Å². The number of nitrogens with zero attached hydrogens (tertiary/aromatic N) is 3. The summed E-state index contributed by atoms with van der Waals surface area (Å²) in [5.74, 6) is 0. The molecule has 5 heteroatoms. The van der Waals surface area contributed by atoms with Crippen LogP contribution in [0.2, 0.25) is 0 Å². The van der Waals surface area contributed by atoms with Gasteiger partial charge in [0.25, 0.3) is 0 Å². The Morgan fingerprint density at radius 3 is 3.00 bits per heavy atom. The van der Waals surface area contributed by atoms with E-state index < -0.39 is 0 Å². The summed E-state index contributed by atoms with van der Waals surface area (Å²) in [5.41, 5.74) is 2.43. The molecule has 3 heterocycles. The number of fused-ring (bicyclic) bond motifs is 1. The van der Waals surface area contributed by atoms with Crippen molar-refractivity contribution in [2.24, 2.45) is 0 Å². The van der Waals surface area contributed by atoms with Crippen molar-refractivity contribution >= 4 is 21.6 Å². The van der Waals surface area contributed by atoms with Crippen LogP contribution in [0.1, 0.15) is 24.8 Å². The summed E-state index contributed by atoms with van der Waals surface area (Å²) in [5, 5.41) is 11.0. The minimum Gasteiger partial charge on any atom is -0.396 e. The molecule has 1 N–H and O–H groups in total. The molecule has 0 unspecified atom stereocenters. The maximum Gasteiger partial charge on any atom is 0.0809 e. The number of likely N-dealkylation sites (tertiary alicyclic amines) is 1. The summed E-state index contributed by atoms with van der Waals surface area (Å²) < 4.78 is 1.29. The third-order valence-electron chi connectivity index (χ3n) is 4.61. The van der Waals surface area contributed by atoms with Crippen molar-refractivity contribution in [2.45, 2.75) is 31.8 Å². The number of hydrogen-bond acceptors (Lipinski definition) is 5. The number of aliphatic hydroxyl groups is 1. The zero-order valence-corrected chi connectivity index (χ0v) is 14.1. The number of aromatic nitrogens is 1. The zero-order chi connectivity index (χ0) is 15.4. The normalized spacial score (nSPS) is 17.6. The van der Waals surface area contributed by atoms with Gasteiger partial charge in [-0.2, -0.15) is 0 Å². The lowest BCUT2D eigenvalue weighted by Gasteiger charge is -2.36. The van der Waals surface area contributed by atoms with E-state index >= 15 is 0 Å². The first-order chi connectivity index (χ1) is 10.8. The van der Waals surface area contributed by atoms with Crippen molar-refractivity contribution < 1.29 is 5.11 Å². The van der Waals surface area contributed by atoms with E-state index in [1.807, 2.05) is 6.20 Å². The second-order valence-corrected chi connectivity index (χ2v) is 7.16. The molecule has 0 atom stereocenters. The minimum absolute atomic E-state index is 0.293. The van der Waals surface area contributed by atoms with Gasteiger partial charge in [0.1, 0.15) is 0 Å². The van der Waals surface area contributed by atoms with Gasteiger partial charge in [0, 0.05) is 31.9 Å². The number of pyridine rings is 1. The molecule has 0 spiro atoms. The van der Waals surface area contributed by atoms with Crippen LogP contribution in [0, 0.1) is 0 Å². The smallest absolute Gasteiger partial charge is 0.0809 e. The number of rotatable bonds is 6. The van der Waals surface area contributed by atoms with Crippen LogP contribution in [0.25, 0.3) is 10.2 Å². The Bertz CT molecular complexity index is 592. The second kappa shape index (κ2) is 7.51. The number of thiophene rings is 1. The van der Waals surface area contributed by atoms with Crippen LogP contribution in [-0.4, -0.2) is 59.2 Å². The summed E-state index contributed by atoms with van der Waals surface area (Å²) in [6, 6.07) is 5.03. The van der Waals surface area contributed by atoms with E-state index in [4.69, 9.17) is 5.11 Å². The summed E-state index contributed by atoms with van der Waals surface area (Å²) in [6.07, 6.45) is 5.34. The molecule has 2 aromatic rings. The first kappa shape index (κ1) is 15.9. The average molecular weight is 319 g/mol. The molecule has 22 heavy (non-hydrogen) atoms. The van der Waals surface area contributed by atoms with Crippen LogP contribution in [0.5, 0.6) is 0 Å². The highest BCUT2D eigenvalue weighted by Crippen LogP contribution is 2.22. The fraction of sp³-hybridized carbons (Fsp3) is 0.588. The quantitative estimate of drug-likeness (QED) is 0.888. The van der Waals surface area contributed by atoms with Crippen LogP contribution < -0.4 is 0 Å². The lowest BCUT2D eigenvalue weighted by molar-refractivity contribution is 0.117. The van der Waals surface area contributed by atoms with Gasteiger partial charge in [-0.25, -0.2) is 0 Å². The summed E-state index contributed by atoms with van der Waals surface area (Å²) >= 11 is 1.77. The SMILES string of the molecule is CN(CCCO)C1CCN(Cc2cnc3ccsc3c2)CC1. The number of hydrogen-bond donors (Lipinski definition) is 1. The Kier molecular flexibility index (Phi) is 5.41. The molecule has 0 saturated carbocycles.